The van der Waals surface area contributed by atoms with E-state index in [4.69, 9.17) is 0 Å². The third-order valence-corrected chi connectivity index (χ3v) is 3.02. The van der Waals surface area contributed by atoms with Gasteiger partial charge in [0, 0.05) is 18.7 Å². The van der Waals surface area contributed by atoms with Crippen molar-refractivity contribution in [1.29, 1.82) is 0 Å². The first-order chi connectivity index (χ1) is 7.11. The molecule has 0 bridgehead atoms. The molecule has 0 saturated heterocycles. The molecule has 0 atom stereocenters. The molecule has 1 aliphatic rings. The fourth-order valence-electron chi connectivity index (χ4n) is 1.58. The number of hydrogen-bond acceptors (Lipinski definition) is 1. The van der Waals surface area contributed by atoms with Gasteiger partial charge in [-0.05, 0) is 30.4 Å². The van der Waals surface area contributed by atoms with Crippen LogP contribution in [0.25, 0.3) is 0 Å². The van der Waals surface area contributed by atoms with Crippen molar-refractivity contribution in [2.45, 2.75) is 26.3 Å². The Balaban J connectivity index is 1.92. The lowest BCUT2D eigenvalue weighted by Gasteiger charge is -2.10. The molecule has 0 heterocycles. The van der Waals surface area contributed by atoms with Crippen LogP contribution in [0.5, 0.6) is 0 Å². The van der Waals surface area contributed by atoms with Crippen molar-refractivity contribution in [3.63, 3.8) is 0 Å². The zero-order valence-corrected chi connectivity index (χ0v) is 8.82. The molecule has 0 aliphatic heterocycles. The van der Waals surface area contributed by atoms with Crippen LogP contribution < -0.4 is 5.32 Å². The molecule has 1 aromatic rings. The van der Waals surface area contributed by atoms with Gasteiger partial charge in [-0.3, -0.25) is 0 Å². The van der Waals surface area contributed by atoms with E-state index in [0.717, 1.165) is 6.54 Å². The first-order valence-electron chi connectivity index (χ1n) is 5.24. The van der Waals surface area contributed by atoms with Gasteiger partial charge >= 0.3 is 0 Å². The van der Waals surface area contributed by atoms with Crippen molar-refractivity contribution in [2.24, 2.45) is 5.41 Å². The van der Waals surface area contributed by atoms with Crippen molar-refractivity contribution in [3.8, 4) is 0 Å². The van der Waals surface area contributed by atoms with Gasteiger partial charge in [-0.15, -0.1) is 0 Å². The van der Waals surface area contributed by atoms with E-state index in [1.807, 2.05) is 0 Å². The molecule has 1 fully saturated rings. The molecule has 1 N–H and O–H groups in total. The Morgan fingerprint density at radius 2 is 1.87 bits per heavy atom. The largest absolute Gasteiger partial charge is 0.312 e. The second-order valence-corrected chi connectivity index (χ2v) is 4.61. The third kappa shape index (κ3) is 2.53. The number of rotatable bonds is 4. The van der Waals surface area contributed by atoms with E-state index >= 15 is 0 Å². The summed E-state index contributed by atoms with van der Waals surface area (Å²) in [6.07, 6.45) is 2.42. The van der Waals surface area contributed by atoms with Crippen LogP contribution in [-0.2, 0) is 6.54 Å². The van der Waals surface area contributed by atoms with E-state index in [1.165, 1.54) is 31.0 Å². The van der Waals surface area contributed by atoms with Crippen LogP contribution in [0.2, 0.25) is 0 Å². The Labute approximate surface area is 88.5 Å². The normalized spacial score (nSPS) is 17.8. The molecule has 0 radical (unpaired) electrons. The smallest absolute Gasteiger partial charge is 0.130 e. The first-order valence-corrected chi connectivity index (χ1v) is 5.24. The molecule has 1 nitrogen and oxygen atoms in total. The van der Waals surface area contributed by atoms with E-state index < -0.39 is 11.6 Å². The fourth-order valence-corrected chi connectivity index (χ4v) is 1.58. The lowest BCUT2D eigenvalue weighted by molar-refractivity contribution is 0.478. The van der Waals surface area contributed by atoms with Gasteiger partial charge in [0.2, 0.25) is 0 Å². The molecule has 82 valence electrons. The number of halogens is 2. The Kier molecular flexibility index (Phi) is 2.74. The van der Waals surface area contributed by atoms with Gasteiger partial charge in [-0.2, -0.15) is 0 Å². The van der Waals surface area contributed by atoms with Gasteiger partial charge in [0.15, 0.2) is 0 Å². The van der Waals surface area contributed by atoms with Crippen LogP contribution >= 0.6 is 0 Å². The van der Waals surface area contributed by atoms with E-state index in [2.05, 4.69) is 12.2 Å². The SMILES string of the molecule is CC1(CNCc2c(F)cccc2F)CC1. The Hall–Kier alpha value is -0.960. The standard InChI is InChI=1S/C12H15F2N/c1-12(5-6-12)8-15-7-9-10(13)3-2-4-11(9)14/h2-4,15H,5-8H2,1H3. The van der Waals surface area contributed by atoms with E-state index in [9.17, 15) is 8.78 Å². The van der Waals surface area contributed by atoms with Crippen molar-refractivity contribution in [1.82, 2.24) is 5.32 Å². The van der Waals surface area contributed by atoms with Gasteiger partial charge in [0.05, 0.1) is 0 Å². The number of nitrogens with one attached hydrogen (secondary N) is 1. The van der Waals surface area contributed by atoms with Gasteiger partial charge in [-0.1, -0.05) is 13.0 Å². The summed E-state index contributed by atoms with van der Waals surface area (Å²) in [5.74, 6) is -0.938. The van der Waals surface area contributed by atoms with Crippen molar-refractivity contribution in [3.05, 3.63) is 35.4 Å². The molecular weight excluding hydrogens is 196 g/mol. The average Bonchev–Trinajstić information content (AvgIpc) is 2.90. The van der Waals surface area contributed by atoms with Gasteiger partial charge in [0.1, 0.15) is 11.6 Å². The highest BCUT2D eigenvalue weighted by Gasteiger charge is 2.36. The Bertz CT molecular complexity index is 338. The van der Waals surface area contributed by atoms with Gasteiger partial charge in [0.25, 0.3) is 0 Å². The molecule has 15 heavy (non-hydrogen) atoms. The maximum atomic E-state index is 13.2. The molecular formula is C12H15F2N. The van der Waals surface area contributed by atoms with E-state index in [-0.39, 0.29) is 12.1 Å². The van der Waals surface area contributed by atoms with Crippen LogP contribution in [0.3, 0.4) is 0 Å². The highest BCUT2D eigenvalue weighted by Crippen LogP contribution is 2.44. The summed E-state index contributed by atoms with van der Waals surface area (Å²) in [6, 6.07) is 3.97. The monoisotopic (exact) mass is 211 g/mol. The van der Waals surface area contributed by atoms with Gasteiger partial charge in [-0.25, -0.2) is 8.78 Å². The summed E-state index contributed by atoms with van der Waals surface area (Å²) < 4.78 is 26.4. The quantitative estimate of drug-likeness (QED) is 0.807. The summed E-state index contributed by atoms with van der Waals surface area (Å²) in [5, 5.41) is 3.11. The number of benzene rings is 1. The fraction of sp³-hybridized carbons (Fsp3) is 0.500. The molecule has 1 aliphatic carbocycles. The van der Waals surface area contributed by atoms with Crippen LogP contribution in [0.4, 0.5) is 8.78 Å². The predicted octanol–water partition coefficient (Wildman–Crippen LogP) is 2.85. The van der Waals surface area contributed by atoms with Crippen LogP contribution in [-0.4, -0.2) is 6.54 Å². The molecule has 1 aromatic carbocycles. The summed E-state index contributed by atoms with van der Waals surface area (Å²) in [5.41, 5.74) is 0.503. The maximum Gasteiger partial charge on any atom is 0.130 e. The maximum absolute atomic E-state index is 13.2. The minimum atomic E-state index is -0.469. The lowest BCUT2D eigenvalue weighted by Crippen LogP contribution is -2.22. The number of hydrogen-bond donors (Lipinski definition) is 1. The molecule has 0 spiro atoms. The molecule has 0 amide bonds. The van der Waals surface area contributed by atoms with Crippen molar-refractivity contribution in [2.75, 3.05) is 6.54 Å². The molecule has 1 saturated carbocycles. The second-order valence-electron chi connectivity index (χ2n) is 4.61. The average molecular weight is 211 g/mol. The molecule has 2 rings (SSSR count). The third-order valence-electron chi connectivity index (χ3n) is 3.02. The van der Waals surface area contributed by atoms with Crippen LogP contribution in [0.15, 0.2) is 18.2 Å². The Morgan fingerprint density at radius 3 is 2.40 bits per heavy atom. The summed E-state index contributed by atoms with van der Waals surface area (Å²) in [6.45, 7) is 3.28. The zero-order valence-electron chi connectivity index (χ0n) is 8.82. The van der Waals surface area contributed by atoms with Gasteiger partial charge < -0.3 is 5.32 Å². The van der Waals surface area contributed by atoms with E-state index in [1.54, 1.807) is 0 Å². The highest BCUT2D eigenvalue weighted by atomic mass is 19.1. The molecule has 3 heteroatoms. The van der Waals surface area contributed by atoms with Crippen LogP contribution in [0, 0.1) is 17.0 Å². The molecule has 0 aromatic heterocycles. The minimum absolute atomic E-state index is 0.141. The van der Waals surface area contributed by atoms with Crippen molar-refractivity contribution >= 4 is 0 Å². The summed E-state index contributed by atoms with van der Waals surface area (Å²) in [4.78, 5) is 0. The van der Waals surface area contributed by atoms with E-state index in [0.29, 0.717) is 5.41 Å². The van der Waals surface area contributed by atoms with Crippen molar-refractivity contribution < 1.29 is 8.78 Å². The second kappa shape index (κ2) is 3.89. The van der Waals surface area contributed by atoms with Crippen LogP contribution in [0.1, 0.15) is 25.3 Å². The topological polar surface area (TPSA) is 12.0 Å². The molecule has 0 unspecified atom stereocenters. The Morgan fingerprint density at radius 1 is 1.27 bits per heavy atom. The summed E-state index contributed by atoms with van der Waals surface area (Å²) >= 11 is 0. The highest BCUT2D eigenvalue weighted by molar-refractivity contribution is 5.19. The minimum Gasteiger partial charge on any atom is -0.312 e. The first kappa shape index (κ1) is 10.6. The predicted molar refractivity (Wildman–Crippen MR) is 55.4 cm³/mol. The summed E-state index contributed by atoms with van der Waals surface area (Å²) in [7, 11) is 0. The zero-order chi connectivity index (χ0) is 10.9. The lowest BCUT2D eigenvalue weighted by atomic mass is 10.1.